The first-order chi connectivity index (χ1) is 12.1. The van der Waals surface area contributed by atoms with E-state index < -0.39 is 0 Å². The van der Waals surface area contributed by atoms with Crippen LogP contribution in [0, 0.1) is 0 Å². The number of carbonyl (C=O) groups excluding carboxylic acids is 2. The molecule has 1 aromatic heterocycles. The van der Waals surface area contributed by atoms with Gasteiger partial charge in [0.2, 0.25) is 5.91 Å². The predicted molar refractivity (Wildman–Crippen MR) is 92.9 cm³/mol. The molecule has 1 aromatic carbocycles. The van der Waals surface area contributed by atoms with Gasteiger partial charge in [0.15, 0.2) is 17.3 Å². The molecule has 25 heavy (non-hydrogen) atoms. The maximum atomic E-state index is 12.1. The fourth-order valence-corrected chi connectivity index (χ4v) is 2.81. The fraction of sp³-hybridized carbons (Fsp3) is 0.294. The smallest absolute Gasteiger partial charge is 0.287 e. The number of benzene rings is 1. The van der Waals surface area contributed by atoms with Crippen LogP contribution in [0.3, 0.4) is 0 Å². The Labute approximate surface area is 152 Å². The molecule has 8 heteroatoms. The summed E-state index contributed by atoms with van der Waals surface area (Å²) in [4.78, 5) is 23.7. The van der Waals surface area contributed by atoms with Crippen molar-refractivity contribution in [2.24, 2.45) is 0 Å². The number of fused-ring (bicyclic) bond motifs is 1. The van der Waals surface area contributed by atoms with E-state index in [1.165, 1.54) is 6.26 Å². The number of amides is 2. The fourth-order valence-electron chi connectivity index (χ4n) is 2.35. The first kappa shape index (κ1) is 17.3. The Bertz CT molecular complexity index is 761. The van der Waals surface area contributed by atoms with E-state index in [9.17, 15) is 9.59 Å². The third kappa shape index (κ3) is 4.54. The normalized spacial score (nSPS) is 12.5. The van der Waals surface area contributed by atoms with Crippen molar-refractivity contribution in [3.8, 4) is 11.5 Å². The van der Waals surface area contributed by atoms with Crippen LogP contribution in [0.15, 0.2) is 39.4 Å². The van der Waals surface area contributed by atoms with Crippen molar-refractivity contribution < 1.29 is 23.5 Å². The molecule has 0 saturated heterocycles. The molecule has 0 aliphatic carbocycles. The second-order valence-electron chi connectivity index (χ2n) is 5.35. The Morgan fingerprint density at radius 1 is 1.08 bits per heavy atom. The summed E-state index contributed by atoms with van der Waals surface area (Å²) in [7, 11) is 0. The van der Waals surface area contributed by atoms with Crippen molar-refractivity contribution >= 4 is 27.7 Å². The number of halogens is 1. The quantitative estimate of drug-likeness (QED) is 0.712. The molecule has 7 nitrogen and oxygen atoms in total. The lowest BCUT2D eigenvalue weighted by molar-refractivity contribution is -0.120. The first-order valence-electron chi connectivity index (χ1n) is 7.80. The number of rotatable bonds is 6. The van der Waals surface area contributed by atoms with Crippen molar-refractivity contribution in [1.82, 2.24) is 10.6 Å². The number of carbonyl (C=O) groups is 2. The van der Waals surface area contributed by atoms with E-state index in [2.05, 4.69) is 26.6 Å². The summed E-state index contributed by atoms with van der Waals surface area (Å²) in [5.74, 6) is 1.09. The molecule has 2 heterocycles. The molecule has 2 amide bonds. The van der Waals surface area contributed by atoms with Gasteiger partial charge in [-0.1, -0.05) is 15.9 Å². The van der Waals surface area contributed by atoms with Gasteiger partial charge in [0.25, 0.3) is 5.91 Å². The van der Waals surface area contributed by atoms with E-state index in [1.807, 2.05) is 0 Å². The molecule has 0 spiro atoms. The lowest BCUT2D eigenvalue weighted by atomic mass is 10.1. The molecule has 0 unspecified atom stereocenters. The van der Waals surface area contributed by atoms with Crippen LogP contribution < -0.4 is 20.1 Å². The van der Waals surface area contributed by atoms with E-state index >= 15 is 0 Å². The summed E-state index contributed by atoms with van der Waals surface area (Å²) < 4.78 is 16.8. The topological polar surface area (TPSA) is 89.8 Å². The second kappa shape index (κ2) is 8.06. The molecule has 0 radical (unpaired) electrons. The molecule has 0 fully saturated rings. The minimum absolute atomic E-state index is 0.148. The standard InChI is InChI=1S/C17H17BrN2O5/c18-12-10-15-14(24-6-7-25-15)8-11(12)9-16(21)19-3-4-20-17(22)13-2-1-5-23-13/h1-2,5,8,10H,3-4,6-7,9H2,(H,19,21)(H,20,22). The zero-order valence-electron chi connectivity index (χ0n) is 13.3. The third-order valence-electron chi connectivity index (χ3n) is 3.54. The van der Waals surface area contributed by atoms with E-state index in [4.69, 9.17) is 13.9 Å². The van der Waals surface area contributed by atoms with E-state index in [0.29, 0.717) is 37.8 Å². The van der Waals surface area contributed by atoms with Crippen molar-refractivity contribution in [2.75, 3.05) is 26.3 Å². The van der Waals surface area contributed by atoms with Crippen LogP contribution in [0.5, 0.6) is 11.5 Å². The summed E-state index contributed by atoms with van der Waals surface area (Å²) in [5, 5.41) is 5.43. The van der Waals surface area contributed by atoms with Crippen molar-refractivity contribution in [2.45, 2.75) is 6.42 Å². The van der Waals surface area contributed by atoms with E-state index in [-0.39, 0.29) is 24.0 Å². The average Bonchev–Trinajstić information content (AvgIpc) is 3.14. The van der Waals surface area contributed by atoms with Crippen molar-refractivity contribution in [3.63, 3.8) is 0 Å². The third-order valence-corrected chi connectivity index (χ3v) is 4.28. The van der Waals surface area contributed by atoms with Crippen LogP contribution in [-0.4, -0.2) is 38.1 Å². The summed E-state index contributed by atoms with van der Waals surface area (Å²) >= 11 is 3.44. The zero-order valence-corrected chi connectivity index (χ0v) is 14.9. The SMILES string of the molecule is O=C(Cc1cc2c(cc1Br)OCCO2)NCCNC(=O)c1ccco1. The Balaban J connectivity index is 1.45. The molecular weight excluding hydrogens is 392 g/mol. The monoisotopic (exact) mass is 408 g/mol. The van der Waals surface area contributed by atoms with Crippen LogP contribution in [0.4, 0.5) is 0 Å². The highest BCUT2D eigenvalue weighted by Crippen LogP contribution is 2.35. The van der Waals surface area contributed by atoms with E-state index in [0.717, 1.165) is 10.0 Å². The van der Waals surface area contributed by atoms with Gasteiger partial charge in [-0.25, -0.2) is 0 Å². The summed E-state index contributed by atoms with van der Waals surface area (Å²) in [6, 6.07) is 6.83. The van der Waals surface area contributed by atoms with Gasteiger partial charge in [0.05, 0.1) is 12.7 Å². The number of nitrogens with one attached hydrogen (secondary N) is 2. The molecule has 2 aromatic rings. The number of furan rings is 1. The molecule has 0 atom stereocenters. The maximum Gasteiger partial charge on any atom is 0.287 e. The number of ether oxygens (including phenoxy) is 2. The van der Waals surface area contributed by atoms with Crippen LogP contribution >= 0.6 is 15.9 Å². The highest BCUT2D eigenvalue weighted by Gasteiger charge is 2.16. The van der Waals surface area contributed by atoms with Crippen molar-refractivity contribution in [3.05, 3.63) is 46.3 Å². The molecule has 1 aliphatic rings. The molecule has 0 saturated carbocycles. The molecule has 3 rings (SSSR count). The average molecular weight is 409 g/mol. The minimum atomic E-state index is -0.311. The summed E-state index contributed by atoms with van der Waals surface area (Å²) in [6.07, 6.45) is 1.63. The zero-order chi connectivity index (χ0) is 17.6. The Hall–Kier alpha value is -2.48. The Morgan fingerprint density at radius 3 is 2.52 bits per heavy atom. The van der Waals surface area contributed by atoms with Crippen LogP contribution in [0.25, 0.3) is 0 Å². The summed E-state index contributed by atoms with van der Waals surface area (Å²) in [5.41, 5.74) is 0.807. The van der Waals surface area contributed by atoms with Crippen molar-refractivity contribution in [1.29, 1.82) is 0 Å². The largest absolute Gasteiger partial charge is 0.486 e. The highest BCUT2D eigenvalue weighted by molar-refractivity contribution is 9.10. The Kier molecular flexibility index (Phi) is 5.60. The number of hydrogen-bond acceptors (Lipinski definition) is 5. The van der Waals surface area contributed by atoms with Crippen LogP contribution in [0.2, 0.25) is 0 Å². The lowest BCUT2D eigenvalue weighted by Crippen LogP contribution is -2.35. The molecule has 1 aliphatic heterocycles. The summed E-state index contributed by atoms with van der Waals surface area (Å²) in [6.45, 7) is 1.65. The van der Waals surface area contributed by atoms with Gasteiger partial charge >= 0.3 is 0 Å². The van der Waals surface area contributed by atoms with Gasteiger partial charge in [0.1, 0.15) is 13.2 Å². The second-order valence-corrected chi connectivity index (χ2v) is 6.20. The predicted octanol–water partition coefficient (Wildman–Crippen LogP) is 1.90. The highest BCUT2D eigenvalue weighted by atomic mass is 79.9. The van der Waals surface area contributed by atoms with Gasteiger partial charge in [-0.15, -0.1) is 0 Å². The van der Waals surface area contributed by atoms with Gasteiger partial charge in [0, 0.05) is 17.6 Å². The molecular formula is C17H17BrN2O5. The van der Waals surface area contributed by atoms with Crippen LogP contribution in [-0.2, 0) is 11.2 Å². The maximum absolute atomic E-state index is 12.1. The number of hydrogen-bond donors (Lipinski definition) is 2. The van der Waals surface area contributed by atoms with Gasteiger partial charge in [-0.05, 0) is 29.8 Å². The molecule has 0 bridgehead atoms. The molecule has 132 valence electrons. The van der Waals surface area contributed by atoms with Gasteiger partial charge < -0.3 is 24.5 Å². The first-order valence-corrected chi connectivity index (χ1v) is 8.59. The minimum Gasteiger partial charge on any atom is -0.486 e. The Morgan fingerprint density at radius 2 is 1.80 bits per heavy atom. The van der Waals surface area contributed by atoms with Gasteiger partial charge in [-0.3, -0.25) is 9.59 Å². The lowest BCUT2D eigenvalue weighted by Gasteiger charge is -2.19. The van der Waals surface area contributed by atoms with E-state index in [1.54, 1.807) is 24.3 Å². The van der Waals surface area contributed by atoms with Crippen LogP contribution in [0.1, 0.15) is 16.1 Å². The van der Waals surface area contributed by atoms with Gasteiger partial charge in [-0.2, -0.15) is 0 Å². The molecule has 2 N–H and O–H groups in total.